The lowest BCUT2D eigenvalue weighted by molar-refractivity contribution is 0.0996. The Kier molecular flexibility index (Phi) is 4.06. The molecule has 98 valence electrons. The van der Waals surface area contributed by atoms with Crippen molar-refractivity contribution in [3.8, 4) is 5.75 Å². The maximum absolute atomic E-state index is 11.3. The summed E-state index contributed by atoms with van der Waals surface area (Å²) in [4.78, 5) is 11.3. The molecule has 0 saturated carbocycles. The predicted octanol–water partition coefficient (Wildman–Crippen LogP) is 2.71. The van der Waals surface area contributed by atoms with E-state index in [0.717, 1.165) is 10.0 Å². The van der Waals surface area contributed by atoms with Gasteiger partial charge in [0.2, 0.25) is 0 Å². The molecule has 4 nitrogen and oxygen atoms in total. The first-order valence-corrected chi connectivity index (χ1v) is 6.43. The fourth-order valence-electron chi connectivity index (χ4n) is 1.67. The molecule has 19 heavy (non-hydrogen) atoms. The van der Waals surface area contributed by atoms with E-state index in [9.17, 15) is 4.79 Å². The number of carbonyl (C=O) groups is 1. The fourth-order valence-corrected chi connectivity index (χ4v) is 2.17. The van der Waals surface area contributed by atoms with Crippen molar-refractivity contribution in [2.75, 3.05) is 5.73 Å². The highest BCUT2D eigenvalue weighted by molar-refractivity contribution is 9.10. The van der Waals surface area contributed by atoms with Gasteiger partial charge in [0.25, 0.3) is 5.91 Å². The third-order valence-electron chi connectivity index (χ3n) is 2.68. The molecule has 0 atom stereocenters. The van der Waals surface area contributed by atoms with Crippen LogP contribution in [0.1, 0.15) is 15.9 Å². The zero-order valence-electron chi connectivity index (χ0n) is 10.1. The number of anilines is 1. The number of rotatable bonds is 4. The van der Waals surface area contributed by atoms with Crippen LogP contribution in [-0.4, -0.2) is 5.91 Å². The number of ether oxygens (including phenoxy) is 1. The monoisotopic (exact) mass is 320 g/mol. The van der Waals surface area contributed by atoms with Crippen LogP contribution in [-0.2, 0) is 6.61 Å². The Morgan fingerprint density at radius 2 is 1.89 bits per heavy atom. The molecule has 0 spiro atoms. The summed E-state index contributed by atoms with van der Waals surface area (Å²) >= 11 is 3.42. The largest absolute Gasteiger partial charge is 0.488 e. The maximum atomic E-state index is 11.3. The lowest BCUT2D eigenvalue weighted by Crippen LogP contribution is -2.13. The molecule has 0 aliphatic heterocycles. The van der Waals surface area contributed by atoms with Gasteiger partial charge in [-0.3, -0.25) is 4.79 Å². The molecule has 5 heteroatoms. The highest BCUT2D eigenvalue weighted by Crippen LogP contribution is 2.25. The number of benzene rings is 2. The minimum Gasteiger partial charge on any atom is -0.488 e. The Hall–Kier alpha value is -2.01. The summed E-state index contributed by atoms with van der Waals surface area (Å²) in [6.07, 6.45) is 0. The number of primary amides is 1. The number of hydrogen-bond acceptors (Lipinski definition) is 3. The summed E-state index contributed by atoms with van der Waals surface area (Å²) in [5.74, 6) is -0.0687. The average Bonchev–Trinajstić information content (AvgIpc) is 2.38. The number of para-hydroxylation sites is 1. The first-order chi connectivity index (χ1) is 9.09. The van der Waals surface area contributed by atoms with E-state index in [1.807, 2.05) is 12.1 Å². The Morgan fingerprint density at radius 3 is 2.58 bits per heavy atom. The lowest BCUT2D eigenvalue weighted by atomic mass is 10.2. The number of hydrogen-bond donors (Lipinski definition) is 2. The van der Waals surface area contributed by atoms with Crippen molar-refractivity contribution in [1.82, 2.24) is 0 Å². The molecule has 4 N–H and O–H groups in total. The maximum Gasteiger partial charge on any atom is 0.252 e. The molecule has 2 rings (SSSR count). The molecule has 0 unspecified atom stereocenters. The Bertz CT molecular complexity index is 594. The van der Waals surface area contributed by atoms with Crippen LogP contribution in [0.4, 0.5) is 5.69 Å². The highest BCUT2D eigenvalue weighted by atomic mass is 79.9. The normalized spacial score (nSPS) is 10.2. The van der Waals surface area contributed by atoms with Crippen molar-refractivity contribution < 1.29 is 9.53 Å². The standard InChI is InChI=1S/C14H13BrN2O2/c15-11-5-3-6-12(16)10(11)8-19-13-7-2-1-4-9(13)14(17)18/h1-7H,8,16H2,(H2,17,18). The van der Waals surface area contributed by atoms with Crippen LogP contribution in [0.3, 0.4) is 0 Å². The summed E-state index contributed by atoms with van der Waals surface area (Å²) in [6, 6.07) is 12.4. The van der Waals surface area contributed by atoms with Crippen molar-refractivity contribution in [1.29, 1.82) is 0 Å². The highest BCUT2D eigenvalue weighted by Gasteiger charge is 2.10. The molecule has 0 saturated heterocycles. The van der Waals surface area contributed by atoms with Gasteiger partial charge in [-0.05, 0) is 24.3 Å². The second-order valence-electron chi connectivity index (χ2n) is 3.96. The third-order valence-corrected chi connectivity index (χ3v) is 3.42. The van der Waals surface area contributed by atoms with Gasteiger partial charge in [0.15, 0.2) is 0 Å². The molecule has 0 aliphatic carbocycles. The summed E-state index contributed by atoms with van der Waals surface area (Å²) in [6.45, 7) is 0.261. The van der Waals surface area contributed by atoms with E-state index in [2.05, 4.69) is 15.9 Å². The number of halogens is 1. The van der Waals surface area contributed by atoms with Gasteiger partial charge in [0, 0.05) is 15.7 Å². The van der Waals surface area contributed by atoms with Crippen molar-refractivity contribution in [2.24, 2.45) is 5.73 Å². The van der Waals surface area contributed by atoms with Crippen molar-refractivity contribution in [2.45, 2.75) is 6.61 Å². The SMILES string of the molecule is NC(=O)c1ccccc1OCc1c(N)cccc1Br. The second-order valence-corrected chi connectivity index (χ2v) is 4.81. The summed E-state index contributed by atoms with van der Waals surface area (Å²) < 4.78 is 6.50. The molecule has 0 fully saturated rings. The van der Waals surface area contributed by atoms with E-state index in [1.54, 1.807) is 30.3 Å². The van der Waals surface area contributed by atoms with Crippen molar-refractivity contribution in [3.05, 3.63) is 58.1 Å². The molecule has 2 aromatic rings. The zero-order chi connectivity index (χ0) is 13.8. The predicted molar refractivity (Wildman–Crippen MR) is 77.8 cm³/mol. The van der Waals surface area contributed by atoms with Crippen LogP contribution < -0.4 is 16.2 Å². The van der Waals surface area contributed by atoms with Gasteiger partial charge in [-0.15, -0.1) is 0 Å². The minimum absolute atomic E-state index is 0.261. The average molecular weight is 321 g/mol. The van der Waals surface area contributed by atoms with Crippen molar-refractivity contribution >= 4 is 27.5 Å². The number of carbonyl (C=O) groups excluding carboxylic acids is 1. The lowest BCUT2D eigenvalue weighted by Gasteiger charge is -2.12. The van der Waals surface area contributed by atoms with Gasteiger partial charge in [-0.2, -0.15) is 0 Å². The quantitative estimate of drug-likeness (QED) is 0.850. The van der Waals surface area contributed by atoms with Gasteiger partial charge in [0.1, 0.15) is 12.4 Å². The number of nitrogen functional groups attached to an aromatic ring is 1. The third kappa shape index (κ3) is 3.06. The van der Waals surface area contributed by atoms with Crippen molar-refractivity contribution in [3.63, 3.8) is 0 Å². The van der Waals surface area contributed by atoms with E-state index in [4.69, 9.17) is 16.2 Å². The summed E-state index contributed by atoms with van der Waals surface area (Å²) in [7, 11) is 0. The second kappa shape index (κ2) is 5.75. The van der Waals surface area contributed by atoms with E-state index >= 15 is 0 Å². The van der Waals surface area contributed by atoms with Crippen LogP contribution in [0.5, 0.6) is 5.75 Å². The van der Waals surface area contributed by atoms with Crippen LogP contribution in [0.2, 0.25) is 0 Å². The number of nitrogens with two attached hydrogens (primary N) is 2. The Balaban J connectivity index is 2.22. The smallest absolute Gasteiger partial charge is 0.252 e. The zero-order valence-corrected chi connectivity index (χ0v) is 11.7. The molecule has 0 radical (unpaired) electrons. The topological polar surface area (TPSA) is 78.3 Å². The molecular weight excluding hydrogens is 308 g/mol. The molecule has 0 heterocycles. The Labute approximate surface area is 119 Å². The number of amides is 1. The van der Waals surface area contributed by atoms with E-state index in [-0.39, 0.29) is 6.61 Å². The molecule has 0 bridgehead atoms. The molecule has 2 aromatic carbocycles. The van der Waals surface area contributed by atoms with Gasteiger partial charge < -0.3 is 16.2 Å². The molecule has 1 amide bonds. The van der Waals surface area contributed by atoms with Crippen LogP contribution in [0.15, 0.2) is 46.9 Å². The van der Waals surface area contributed by atoms with Gasteiger partial charge in [-0.1, -0.05) is 34.1 Å². The van der Waals surface area contributed by atoms with Gasteiger partial charge >= 0.3 is 0 Å². The van der Waals surface area contributed by atoms with E-state index < -0.39 is 5.91 Å². The van der Waals surface area contributed by atoms with Crippen LogP contribution >= 0.6 is 15.9 Å². The summed E-state index contributed by atoms with van der Waals surface area (Å²) in [5, 5.41) is 0. The molecular formula is C14H13BrN2O2. The molecule has 0 aromatic heterocycles. The van der Waals surface area contributed by atoms with Gasteiger partial charge in [0.05, 0.1) is 5.56 Å². The van der Waals surface area contributed by atoms with E-state index in [1.165, 1.54) is 0 Å². The Morgan fingerprint density at radius 1 is 1.16 bits per heavy atom. The molecule has 0 aliphatic rings. The van der Waals surface area contributed by atoms with E-state index in [0.29, 0.717) is 17.0 Å². The van der Waals surface area contributed by atoms with Gasteiger partial charge in [-0.25, -0.2) is 0 Å². The minimum atomic E-state index is -0.518. The van der Waals surface area contributed by atoms with Crippen LogP contribution in [0, 0.1) is 0 Å². The first-order valence-electron chi connectivity index (χ1n) is 5.64. The fraction of sp³-hybridized carbons (Fsp3) is 0.0714. The first kappa shape index (κ1) is 13.4. The van der Waals surface area contributed by atoms with Crippen LogP contribution in [0.25, 0.3) is 0 Å². The summed E-state index contributed by atoms with van der Waals surface area (Å²) in [5.41, 5.74) is 13.0.